The van der Waals surface area contributed by atoms with Crippen molar-refractivity contribution in [2.24, 2.45) is 0 Å². The smallest absolute Gasteiger partial charge is 0.408 e. The van der Waals surface area contributed by atoms with Gasteiger partial charge in [0.25, 0.3) is 0 Å². The van der Waals surface area contributed by atoms with Crippen molar-refractivity contribution in [1.82, 2.24) is 10.2 Å². The van der Waals surface area contributed by atoms with E-state index in [0.29, 0.717) is 13.0 Å². The van der Waals surface area contributed by atoms with Crippen molar-refractivity contribution >= 4 is 12.0 Å². The number of hydrogen-bond acceptors (Lipinski definition) is 3. The van der Waals surface area contributed by atoms with Gasteiger partial charge in [-0.25, -0.2) is 4.79 Å². The molecule has 3 atom stereocenters. The molecule has 0 aromatic rings. The fourth-order valence-electron chi connectivity index (χ4n) is 3.87. The van der Waals surface area contributed by atoms with Crippen LogP contribution in [0.15, 0.2) is 12.2 Å². The highest BCUT2D eigenvalue weighted by Gasteiger charge is 2.54. The van der Waals surface area contributed by atoms with E-state index in [1.165, 1.54) is 11.8 Å². The van der Waals surface area contributed by atoms with Crippen LogP contribution in [-0.2, 0) is 9.53 Å². The van der Waals surface area contributed by atoms with Gasteiger partial charge in [0.2, 0.25) is 5.91 Å². The number of hydrogen-bond donors (Lipinski definition) is 2. The Morgan fingerprint density at radius 3 is 2.61 bits per heavy atom. The van der Waals surface area contributed by atoms with Crippen molar-refractivity contribution in [2.75, 3.05) is 13.7 Å². The van der Waals surface area contributed by atoms with E-state index in [0.717, 1.165) is 19.3 Å². The van der Waals surface area contributed by atoms with E-state index in [1.807, 2.05) is 32.9 Å². The summed E-state index contributed by atoms with van der Waals surface area (Å²) in [7, 11) is 1.62. The van der Waals surface area contributed by atoms with Gasteiger partial charge in [0.1, 0.15) is 0 Å². The van der Waals surface area contributed by atoms with E-state index in [1.54, 1.807) is 7.11 Å². The minimum Gasteiger partial charge on any atom is -0.465 e. The van der Waals surface area contributed by atoms with Crippen molar-refractivity contribution in [2.45, 2.75) is 70.6 Å². The molecule has 1 saturated heterocycles. The first-order valence-corrected chi connectivity index (χ1v) is 8.24. The molecule has 0 radical (unpaired) electrons. The second-order valence-electron chi connectivity index (χ2n) is 6.43. The molecule has 1 heterocycles. The lowest BCUT2D eigenvalue weighted by Crippen LogP contribution is -2.68. The number of amides is 2. The van der Waals surface area contributed by atoms with Crippen LogP contribution in [0.5, 0.6) is 0 Å². The molecule has 23 heavy (non-hydrogen) atoms. The number of carbonyl (C=O) groups excluding carboxylic acids is 1. The van der Waals surface area contributed by atoms with Gasteiger partial charge < -0.3 is 15.2 Å². The van der Waals surface area contributed by atoms with Gasteiger partial charge in [0.15, 0.2) is 0 Å². The van der Waals surface area contributed by atoms with Crippen LogP contribution in [0.4, 0.5) is 4.79 Å². The van der Waals surface area contributed by atoms with Gasteiger partial charge in [-0.1, -0.05) is 25.5 Å². The van der Waals surface area contributed by atoms with Gasteiger partial charge in [-0.05, 0) is 33.1 Å². The largest absolute Gasteiger partial charge is 0.465 e. The zero-order chi connectivity index (χ0) is 17.7. The summed E-state index contributed by atoms with van der Waals surface area (Å²) in [6, 6.07) is -0.452. The zero-order valence-corrected chi connectivity index (χ0v) is 14.9. The summed E-state index contributed by atoms with van der Waals surface area (Å²) in [5.41, 5.74) is -1.44. The average molecular weight is 326 g/mol. The molecule has 132 valence electrons. The number of rotatable bonds is 7. The number of methoxy groups -OCH3 is 1. The van der Waals surface area contributed by atoms with Gasteiger partial charge in [-0.3, -0.25) is 9.69 Å². The monoisotopic (exact) mass is 326 g/mol. The Labute approximate surface area is 138 Å². The molecule has 0 bridgehead atoms. The summed E-state index contributed by atoms with van der Waals surface area (Å²) >= 11 is 0. The number of carboxylic acid groups (broad SMARTS) is 1. The lowest BCUT2D eigenvalue weighted by atomic mass is 9.75. The number of carbonyl (C=O) groups is 2. The molecule has 0 aromatic heterocycles. The van der Waals surface area contributed by atoms with Crippen molar-refractivity contribution in [3.05, 3.63) is 12.2 Å². The minimum atomic E-state index is -0.967. The molecule has 1 fully saturated rings. The maximum atomic E-state index is 11.8. The van der Waals surface area contributed by atoms with Crippen LogP contribution < -0.4 is 5.32 Å². The van der Waals surface area contributed by atoms with Gasteiger partial charge in [-0.15, -0.1) is 0 Å². The van der Waals surface area contributed by atoms with Crippen LogP contribution in [0.1, 0.15) is 53.4 Å². The average Bonchev–Trinajstić information content (AvgIpc) is 2.90. The maximum Gasteiger partial charge on any atom is 0.408 e. The Morgan fingerprint density at radius 2 is 2.17 bits per heavy atom. The van der Waals surface area contributed by atoms with Crippen molar-refractivity contribution in [3.63, 3.8) is 0 Å². The molecule has 0 aromatic carbocycles. The quantitative estimate of drug-likeness (QED) is 0.705. The Hall–Kier alpha value is -1.56. The van der Waals surface area contributed by atoms with Crippen LogP contribution in [0, 0.1) is 0 Å². The Morgan fingerprint density at radius 1 is 1.52 bits per heavy atom. The summed E-state index contributed by atoms with van der Waals surface area (Å²) in [4.78, 5) is 25.1. The number of allylic oxidation sites excluding steroid dienone is 1. The number of nitrogens with zero attached hydrogens (tertiary/aromatic N) is 1. The highest BCUT2D eigenvalue weighted by atomic mass is 16.5. The van der Waals surface area contributed by atoms with Crippen LogP contribution in [-0.4, -0.2) is 52.8 Å². The molecule has 0 saturated carbocycles. The van der Waals surface area contributed by atoms with Crippen molar-refractivity contribution in [3.8, 4) is 0 Å². The zero-order valence-electron chi connectivity index (χ0n) is 14.9. The standard InChI is InChI=1S/C17H30N2O4/c1-6-9-16(4,23-5)14(18-13(3)20)17(10-7-2)11-8-12-19(17)15(21)22/h7,10,14H,6,8-9,11-12H2,1-5H3,(H,18,20)(H,21,22)/t14-,16-,17-/m0/s1. The summed E-state index contributed by atoms with van der Waals surface area (Å²) in [6.07, 6.45) is 5.82. The third-order valence-corrected chi connectivity index (χ3v) is 4.82. The van der Waals surface area contributed by atoms with Crippen molar-refractivity contribution < 1.29 is 19.4 Å². The molecule has 0 spiro atoms. The van der Waals surface area contributed by atoms with E-state index < -0.39 is 23.3 Å². The highest BCUT2D eigenvalue weighted by Crippen LogP contribution is 2.40. The summed E-state index contributed by atoms with van der Waals surface area (Å²) in [5, 5.41) is 12.7. The van der Waals surface area contributed by atoms with E-state index >= 15 is 0 Å². The summed E-state index contributed by atoms with van der Waals surface area (Å²) in [5.74, 6) is -0.185. The third-order valence-electron chi connectivity index (χ3n) is 4.82. The van der Waals surface area contributed by atoms with Crippen LogP contribution in [0.3, 0.4) is 0 Å². The molecule has 1 rings (SSSR count). The van der Waals surface area contributed by atoms with Gasteiger partial charge in [0.05, 0.1) is 17.2 Å². The van der Waals surface area contributed by atoms with Gasteiger partial charge in [-0.2, -0.15) is 0 Å². The third kappa shape index (κ3) is 3.86. The Bertz CT molecular complexity index is 466. The number of likely N-dealkylation sites (tertiary alicyclic amines) is 1. The van der Waals surface area contributed by atoms with Crippen LogP contribution in [0.2, 0.25) is 0 Å². The van der Waals surface area contributed by atoms with Crippen LogP contribution in [0.25, 0.3) is 0 Å². The molecule has 1 aliphatic rings. The Kier molecular flexibility index (Phi) is 6.62. The van der Waals surface area contributed by atoms with Crippen LogP contribution >= 0.6 is 0 Å². The van der Waals surface area contributed by atoms with E-state index in [9.17, 15) is 14.7 Å². The first kappa shape index (κ1) is 19.5. The minimum absolute atomic E-state index is 0.185. The lowest BCUT2D eigenvalue weighted by molar-refractivity contribution is -0.126. The van der Waals surface area contributed by atoms with E-state index in [4.69, 9.17) is 4.74 Å². The van der Waals surface area contributed by atoms with E-state index in [2.05, 4.69) is 5.32 Å². The first-order valence-electron chi connectivity index (χ1n) is 8.24. The number of nitrogens with one attached hydrogen (secondary N) is 1. The second-order valence-corrected chi connectivity index (χ2v) is 6.43. The summed E-state index contributed by atoms with van der Waals surface area (Å²) in [6.45, 7) is 7.78. The molecular weight excluding hydrogens is 296 g/mol. The SMILES string of the molecule is CC=C[C@@]1([C@@H](NC(C)=O)[C@](C)(CCC)OC)CCCN1C(=O)O. The fourth-order valence-corrected chi connectivity index (χ4v) is 3.87. The van der Waals surface area contributed by atoms with E-state index in [-0.39, 0.29) is 5.91 Å². The molecular formula is C17H30N2O4. The topological polar surface area (TPSA) is 78.9 Å². The molecule has 2 amide bonds. The molecule has 0 aliphatic carbocycles. The molecule has 6 heteroatoms. The maximum absolute atomic E-state index is 11.8. The first-order chi connectivity index (χ1) is 10.8. The molecule has 2 N–H and O–H groups in total. The van der Waals surface area contributed by atoms with Gasteiger partial charge in [0, 0.05) is 20.6 Å². The van der Waals surface area contributed by atoms with Crippen molar-refractivity contribution in [1.29, 1.82) is 0 Å². The second kappa shape index (κ2) is 7.81. The predicted octanol–water partition coefficient (Wildman–Crippen LogP) is 2.79. The van der Waals surface area contributed by atoms with Gasteiger partial charge >= 0.3 is 6.09 Å². The normalized spacial score (nSPS) is 25.3. The number of ether oxygens (including phenoxy) is 1. The summed E-state index contributed by atoms with van der Waals surface area (Å²) < 4.78 is 5.78. The Balaban J connectivity index is 3.45. The molecule has 1 aliphatic heterocycles. The predicted molar refractivity (Wildman–Crippen MR) is 89.4 cm³/mol. The highest BCUT2D eigenvalue weighted by molar-refractivity contribution is 5.74. The fraction of sp³-hybridized carbons (Fsp3) is 0.765. The molecule has 0 unspecified atom stereocenters. The molecule has 6 nitrogen and oxygen atoms in total. The lowest BCUT2D eigenvalue weighted by Gasteiger charge is -2.49.